The third-order valence-electron chi connectivity index (χ3n) is 3.47. The van der Waals surface area contributed by atoms with Gasteiger partial charge in [0.1, 0.15) is 5.75 Å². The average Bonchev–Trinajstić information content (AvgIpc) is 2.54. The molecule has 2 rings (SSSR count). The molecule has 2 aromatic rings. The van der Waals surface area contributed by atoms with Crippen LogP contribution in [0.25, 0.3) is 0 Å². The summed E-state index contributed by atoms with van der Waals surface area (Å²) in [5, 5.41) is 2.60. The zero-order valence-electron chi connectivity index (χ0n) is 14.4. The number of halogens is 2. The largest absolute Gasteiger partial charge is 0.433 e. The monoisotopic (exact) mass is 365 g/mol. The molecule has 0 atom stereocenters. The average molecular weight is 365 g/mol. The number of nitrogens with one attached hydrogen (secondary N) is 1. The third-order valence-corrected chi connectivity index (χ3v) is 4.48. The van der Waals surface area contributed by atoms with Gasteiger partial charge in [-0.25, -0.2) is 0 Å². The minimum Gasteiger partial charge on any atom is -0.433 e. The zero-order chi connectivity index (χ0) is 18.4. The van der Waals surface area contributed by atoms with Crippen molar-refractivity contribution in [1.82, 2.24) is 0 Å². The first-order valence-electron chi connectivity index (χ1n) is 7.83. The van der Waals surface area contributed by atoms with E-state index in [4.69, 9.17) is 0 Å². The van der Waals surface area contributed by atoms with E-state index < -0.39 is 6.61 Å². The summed E-state index contributed by atoms with van der Waals surface area (Å²) in [7, 11) is 0. The third kappa shape index (κ3) is 6.05. The summed E-state index contributed by atoms with van der Waals surface area (Å²) < 4.78 is 29.2. The summed E-state index contributed by atoms with van der Waals surface area (Å²) in [5.41, 5.74) is 1.53. The summed E-state index contributed by atoms with van der Waals surface area (Å²) in [4.78, 5) is 13.0. The Morgan fingerprint density at radius 2 is 1.76 bits per heavy atom. The summed E-state index contributed by atoms with van der Waals surface area (Å²) >= 11 is 1.39. The first kappa shape index (κ1) is 19.2. The molecule has 6 heteroatoms. The van der Waals surface area contributed by atoms with Crippen molar-refractivity contribution in [1.29, 1.82) is 0 Å². The highest BCUT2D eigenvalue weighted by atomic mass is 32.2. The van der Waals surface area contributed by atoms with Gasteiger partial charge in [-0.15, -0.1) is 11.8 Å². The number of hydrogen-bond acceptors (Lipinski definition) is 3. The van der Waals surface area contributed by atoms with Crippen molar-refractivity contribution in [2.24, 2.45) is 0 Å². The standard InChI is InChI=1S/C19H21F2NO2S/c1-19(2,3)13-8-10-14(11-9-13)25-12-17(23)22-15-6-4-5-7-16(15)24-18(20)21/h4-11,18H,12H2,1-3H3,(H,22,23). The maximum Gasteiger partial charge on any atom is 0.387 e. The quantitative estimate of drug-likeness (QED) is 0.705. The summed E-state index contributed by atoms with van der Waals surface area (Å²) in [5.74, 6) is -0.154. The van der Waals surface area contributed by atoms with Crippen LogP contribution in [0.3, 0.4) is 0 Å². The van der Waals surface area contributed by atoms with E-state index in [0.29, 0.717) is 0 Å². The summed E-state index contributed by atoms with van der Waals surface area (Å²) in [6.45, 7) is 3.48. The second kappa shape index (κ2) is 8.34. The number of benzene rings is 2. The first-order valence-corrected chi connectivity index (χ1v) is 8.81. The molecule has 0 bridgehead atoms. The lowest BCUT2D eigenvalue weighted by Gasteiger charge is -2.19. The molecule has 0 radical (unpaired) electrons. The fraction of sp³-hybridized carbons (Fsp3) is 0.316. The highest BCUT2D eigenvalue weighted by molar-refractivity contribution is 8.00. The second-order valence-electron chi connectivity index (χ2n) is 6.49. The minimum atomic E-state index is -2.94. The number of para-hydroxylation sites is 2. The molecule has 25 heavy (non-hydrogen) atoms. The van der Waals surface area contributed by atoms with E-state index in [1.54, 1.807) is 12.1 Å². The van der Waals surface area contributed by atoms with Gasteiger partial charge in [-0.3, -0.25) is 4.79 Å². The molecule has 0 unspecified atom stereocenters. The molecule has 2 aromatic carbocycles. The number of thioether (sulfide) groups is 1. The van der Waals surface area contributed by atoms with Crippen LogP contribution in [-0.4, -0.2) is 18.3 Å². The maximum atomic E-state index is 12.4. The zero-order valence-corrected chi connectivity index (χ0v) is 15.2. The van der Waals surface area contributed by atoms with Gasteiger partial charge in [-0.2, -0.15) is 8.78 Å². The number of ether oxygens (including phenoxy) is 1. The van der Waals surface area contributed by atoms with Gasteiger partial charge in [-0.1, -0.05) is 45.0 Å². The fourth-order valence-corrected chi connectivity index (χ4v) is 2.85. The number of amides is 1. The molecule has 1 N–H and O–H groups in total. The first-order chi connectivity index (χ1) is 11.8. The predicted molar refractivity (Wildman–Crippen MR) is 97.6 cm³/mol. The van der Waals surface area contributed by atoms with Gasteiger partial charge in [-0.05, 0) is 35.2 Å². The van der Waals surface area contributed by atoms with E-state index in [2.05, 4.69) is 30.8 Å². The van der Waals surface area contributed by atoms with Crippen LogP contribution in [-0.2, 0) is 10.2 Å². The number of carbonyl (C=O) groups is 1. The van der Waals surface area contributed by atoms with E-state index in [9.17, 15) is 13.6 Å². The van der Waals surface area contributed by atoms with Crippen molar-refractivity contribution in [2.45, 2.75) is 37.7 Å². The number of hydrogen-bond donors (Lipinski definition) is 1. The van der Waals surface area contributed by atoms with Crippen LogP contribution < -0.4 is 10.1 Å². The topological polar surface area (TPSA) is 38.3 Å². The summed E-state index contributed by atoms with van der Waals surface area (Å²) in [6.07, 6.45) is 0. The molecule has 0 aromatic heterocycles. The van der Waals surface area contributed by atoms with Crippen LogP contribution in [0.5, 0.6) is 5.75 Å². The van der Waals surface area contributed by atoms with Gasteiger partial charge < -0.3 is 10.1 Å². The van der Waals surface area contributed by atoms with Crippen molar-refractivity contribution in [3.63, 3.8) is 0 Å². The molecule has 0 spiro atoms. The van der Waals surface area contributed by atoms with E-state index in [1.807, 2.05) is 24.3 Å². The van der Waals surface area contributed by atoms with Crippen molar-refractivity contribution < 1.29 is 18.3 Å². The van der Waals surface area contributed by atoms with Gasteiger partial charge in [0.25, 0.3) is 0 Å². The Bertz CT molecular complexity index is 712. The van der Waals surface area contributed by atoms with E-state index in [1.165, 1.54) is 29.5 Å². The molecule has 0 saturated heterocycles. The molecule has 0 saturated carbocycles. The molecule has 0 fully saturated rings. The van der Waals surface area contributed by atoms with Gasteiger partial charge in [0.05, 0.1) is 11.4 Å². The van der Waals surface area contributed by atoms with Gasteiger partial charge in [0.15, 0.2) is 0 Å². The molecule has 0 aliphatic carbocycles. The second-order valence-corrected chi connectivity index (χ2v) is 7.53. The Labute approximate surface area is 150 Å². The molecule has 0 heterocycles. The minimum absolute atomic E-state index is 0.0506. The molecular weight excluding hydrogens is 344 g/mol. The van der Waals surface area contributed by atoms with Crippen LogP contribution in [0.15, 0.2) is 53.4 Å². The van der Waals surface area contributed by atoms with Gasteiger partial charge >= 0.3 is 6.61 Å². The SMILES string of the molecule is CC(C)(C)c1ccc(SCC(=O)Nc2ccccc2OC(F)F)cc1. The smallest absolute Gasteiger partial charge is 0.387 e. The molecule has 134 valence electrons. The highest BCUT2D eigenvalue weighted by Crippen LogP contribution is 2.27. The molecule has 0 aliphatic heterocycles. The van der Waals surface area contributed by atoms with Gasteiger partial charge in [0, 0.05) is 4.90 Å². The van der Waals surface area contributed by atoms with Crippen molar-refractivity contribution in [2.75, 3.05) is 11.1 Å². The van der Waals surface area contributed by atoms with Crippen molar-refractivity contribution >= 4 is 23.4 Å². The maximum absolute atomic E-state index is 12.4. The number of anilines is 1. The lowest BCUT2D eigenvalue weighted by Crippen LogP contribution is -2.15. The van der Waals surface area contributed by atoms with Crippen LogP contribution in [0, 0.1) is 0 Å². The Morgan fingerprint density at radius 1 is 1.12 bits per heavy atom. The molecule has 3 nitrogen and oxygen atoms in total. The molecule has 0 aliphatic rings. The molecular formula is C19H21F2NO2S. The van der Waals surface area contributed by atoms with Gasteiger partial charge in [0.2, 0.25) is 5.91 Å². The van der Waals surface area contributed by atoms with Crippen LogP contribution in [0.2, 0.25) is 0 Å². The fourth-order valence-electron chi connectivity index (χ4n) is 2.15. The highest BCUT2D eigenvalue weighted by Gasteiger charge is 2.14. The Balaban J connectivity index is 1.93. The van der Waals surface area contributed by atoms with Crippen LogP contribution in [0.4, 0.5) is 14.5 Å². The van der Waals surface area contributed by atoms with E-state index in [-0.39, 0.29) is 28.5 Å². The number of alkyl halides is 2. The number of carbonyl (C=O) groups excluding carboxylic acids is 1. The predicted octanol–water partition coefficient (Wildman–Crippen LogP) is 5.32. The normalized spacial score (nSPS) is 11.4. The Hall–Kier alpha value is -2.08. The summed E-state index contributed by atoms with van der Waals surface area (Å²) in [6, 6.07) is 14.2. The van der Waals surface area contributed by atoms with E-state index >= 15 is 0 Å². The lowest BCUT2D eigenvalue weighted by molar-refractivity contribution is -0.113. The van der Waals surface area contributed by atoms with Crippen molar-refractivity contribution in [3.05, 3.63) is 54.1 Å². The number of rotatable bonds is 6. The van der Waals surface area contributed by atoms with Crippen LogP contribution >= 0.6 is 11.8 Å². The van der Waals surface area contributed by atoms with Crippen molar-refractivity contribution in [3.8, 4) is 5.75 Å². The lowest BCUT2D eigenvalue weighted by atomic mass is 9.87. The van der Waals surface area contributed by atoms with E-state index in [0.717, 1.165) is 4.90 Å². The molecule has 1 amide bonds. The van der Waals surface area contributed by atoms with Crippen LogP contribution in [0.1, 0.15) is 26.3 Å². The Morgan fingerprint density at radius 3 is 2.36 bits per heavy atom. The Kier molecular flexibility index (Phi) is 6.42.